The van der Waals surface area contributed by atoms with Crippen LogP contribution in [0.2, 0.25) is 0 Å². The quantitative estimate of drug-likeness (QED) is 0.240. The molecule has 0 spiro atoms. The molecule has 0 radical (unpaired) electrons. The number of hydrogen-bond acceptors (Lipinski definition) is 9. The van der Waals surface area contributed by atoms with E-state index in [0.29, 0.717) is 29.2 Å². The molecule has 6 N–H and O–H groups in total. The molecule has 1 saturated carbocycles. The largest absolute Gasteiger partial charge is 0.405 e. The maximum atomic E-state index is 12.8. The van der Waals surface area contributed by atoms with Crippen molar-refractivity contribution < 1.29 is 28.2 Å². The lowest BCUT2D eigenvalue weighted by atomic mass is 10.0. The summed E-state index contributed by atoms with van der Waals surface area (Å²) in [5.74, 6) is -0.709. The molecule has 14 heteroatoms. The van der Waals surface area contributed by atoms with Gasteiger partial charge in [0.05, 0.1) is 21.5 Å². The Morgan fingerprint density at radius 3 is 2.68 bits per heavy atom. The van der Waals surface area contributed by atoms with Gasteiger partial charge in [-0.25, -0.2) is 14.8 Å². The predicted molar refractivity (Wildman–Crippen MR) is 134 cm³/mol. The van der Waals surface area contributed by atoms with Crippen LogP contribution in [0.4, 0.5) is 29.7 Å². The van der Waals surface area contributed by atoms with E-state index in [0.717, 1.165) is 10.2 Å². The lowest BCUT2D eigenvalue weighted by molar-refractivity contribution is -0.115. The number of benzene rings is 1. The highest BCUT2D eigenvalue weighted by molar-refractivity contribution is 7.21. The van der Waals surface area contributed by atoms with Gasteiger partial charge in [0, 0.05) is 19.0 Å². The number of aromatic nitrogens is 3. The lowest BCUT2D eigenvalue weighted by Crippen LogP contribution is -2.49. The highest BCUT2D eigenvalue weighted by Crippen LogP contribution is 2.40. The molecule has 2 aromatic heterocycles. The van der Waals surface area contributed by atoms with Crippen molar-refractivity contribution in [3.05, 3.63) is 30.0 Å². The number of thiazole rings is 1. The number of carbonyl (C=O) groups is 1. The molecule has 0 aliphatic heterocycles. The summed E-state index contributed by atoms with van der Waals surface area (Å²) in [6.45, 7) is 2.62. The normalized spacial score (nSPS) is 21.7. The van der Waals surface area contributed by atoms with Crippen molar-refractivity contribution >= 4 is 39.4 Å². The Morgan fingerprint density at radius 1 is 1.22 bits per heavy atom. The van der Waals surface area contributed by atoms with E-state index in [2.05, 4.69) is 36.2 Å². The van der Waals surface area contributed by atoms with Gasteiger partial charge in [0.15, 0.2) is 5.72 Å². The Bertz CT molecular complexity index is 1240. The molecule has 10 nitrogen and oxygen atoms in total. The van der Waals surface area contributed by atoms with Crippen LogP contribution in [0.3, 0.4) is 0 Å². The van der Waals surface area contributed by atoms with Gasteiger partial charge in [0.25, 0.3) is 0 Å². The molecule has 2 amide bonds. The number of hydrogen-bond donors (Lipinski definition) is 6. The Kier molecular flexibility index (Phi) is 7.71. The summed E-state index contributed by atoms with van der Waals surface area (Å²) in [5.41, 5.74) is -0.375. The number of anilines is 2. The van der Waals surface area contributed by atoms with Crippen LogP contribution >= 0.6 is 11.3 Å². The Hall–Kier alpha value is -3.23. The molecule has 4 rings (SSSR count). The van der Waals surface area contributed by atoms with Gasteiger partial charge in [-0.15, -0.1) is 11.3 Å². The number of aliphatic hydroxyl groups is 2. The zero-order valence-electron chi connectivity index (χ0n) is 20.2. The first-order chi connectivity index (χ1) is 17.5. The maximum absolute atomic E-state index is 12.8. The average Bonchev–Trinajstić information content (AvgIpc) is 3.37. The van der Waals surface area contributed by atoms with E-state index in [9.17, 15) is 28.2 Å². The second kappa shape index (κ2) is 10.6. The molecule has 200 valence electrons. The van der Waals surface area contributed by atoms with Crippen molar-refractivity contribution in [2.24, 2.45) is 5.92 Å². The molecule has 3 atom stereocenters. The minimum Gasteiger partial charge on any atom is -0.388 e. The number of nitrogens with one attached hydrogen (secondary N) is 4. The number of rotatable bonds is 8. The molecule has 2 heterocycles. The fourth-order valence-corrected chi connectivity index (χ4v) is 5.32. The van der Waals surface area contributed by atoms with E-state index in [1.54, 1.807) is 13.8 Å². The summed E-state index contributed by atoms with van der Waals surface area (Å²) >= 11 is 1.35. The number of halogens is 3. The SMILES string of the molecule is CCNC(=O)NCC1CCC(O)(Nc2nc(NCC(F)(F)F)nc(C)c2-c2nc3ccccc3s2)C1O. The van der Waals surface area contributed by atoms with Gasteiger partial charge in [-0.3, -0.25) is 0 Å². The first-order valence-corrected chi connectivity index (χ1v) is 12.6. The minimum atomic E-state index is -4.49. The van der Waals surface area contributed by atoms with E-state index < -0.39 is 30.5 Å². The number of aliphatic hydroxyl groups excluding tert-OH is 1. The first kappa shape index (κ1) is 26.8. The summed E-state index contributed by atoms with van der Waals surface area (Å²) in [6.07, 6.45) is -5.28. The molecule has 3 aromatic rings. The number of alkyl halides is 3. The number of para-hydroxylation sites is 1. The summed E-state index contributed by atoms with van der Waals surface area (Å²) in [6, 6.07) is 7.04. The standard InChI is InChI=1S/C23H28F3N7O3S/c1-3-27-21(35)28-10-13-8-9-22(36,17(13)34)33-18-16(19-31-14-6-4-5-7-15(14)37-19)12(2)30-20(32-18)29-11-23(24,25)26/h4-7,13,17,34,36H,3,8-11H2,1-2H3,(H2,27,28,35)(H2,29,30,32,33). The molecular formula is C23H28F3N7O3S. The number of nitrogens with zero attached hydrogens (tertiary/aromatic N) is 3. The molecule has 1 aliphatic carbocycles. The van der Waals surface area contributed by atoms with Gasteiger partial charge in [-0.1, -0.05) is 12.1 Å². The highest BCUT2D eigenvalue weighted by Gasteiger charge is 2.47. The average molecular weight is 540 g/mol. The summed E-state index contributed by atoms with van der Waals surface area (Å²) in [7, 11) is 0. The van der Waals surface area contributed by atoms with Gasteiger partial charge < -0.3 is 31.5 Å². The third-order valence-corrected chi connectivity index (χ3v) is 7.13. The zero-order valence-corrected chi connectivity index (χ0v) is 21.0. The second-order valence-electron chi connectivity index (χ2n) is 8.84. The summed E-state index contributed by atoms with van der Waals surface area (Å²) in [5, 5.41) is 33.1. The van der Waals surface area contributed by atoms with Crippen molar-refractivity contribution in [2.45, 2.75) is 44.7 Å². The number of urea groups is 1. The zero-order chi connectivity index (χ0) is 26.8. The molecule has 0 saturated heterocycles. The maximum Gasteiger partial charge on any atom is 0.405 e. The van der Waals surface area contributed by atoms with Crippen molar-refractivity contribution in [1.29, 1.82) is 0 Å². The topological polar surface area (TPSA) is 144 Å². The van der Waals surface area contributed by atoms with Crippen LogP contribution in [0.1, 0.15) is 25.5 Å². The molecular weight excluding hydrogens is 511 g/mol. The van der Waals surface area contributed by atoms with Crippen molar-refractivity contribution in [2.75, 3.05) is 30.3 Å². The van der Waals surface area contributed by atoms with Crippen molar-refractivity contribution in [1.82, 2.24) is 25.6 Å². The van der Waals surface area contributed by atoms with E-state index >= 15 is 0 Å². The Morgan fingerprint density at radius 2 is 1.97 bits per heavy atom. The van der Waals surface area contributed by atoms with Gasteiger partial charge in [0.2, 0.25) is 5.95 Å². The third-order valence-electron chi connectivity index (χ3n) is 6.07. The van der Waals surface area contributed by atoms with Crippen LogP contribution in [0, 0.1) is 12.8 Å². The van der Waals surface area contributed by atoms with Crippen LogP contribution in [0.15, 0.2) is 24.3 Å². The van der Waals surface area contributed by atoms with Crippen LogP contribution in [-0.4, -0.2) is 68.8 Å². The minimum absolute atomic E-state index is 0.0371. The molecule has 1 aromatic carbocycles. The molecule has 3 unspecified atom stereocenters. The van der Waals surface area contributed by atoms with E-state index in [4.69, 9.17) is 0 Å². The first-order valence-electron chi connectivity index (χ1n) is 11.7. The van der Waals surface area contributed by atoms with Gasteiger partial charge >= 0.3 is 12.2 Å². The van der Waals surface area contributed by atoms with Crippen molar-refractivity contribution in [3.63, 3.8) is 0 Å². The predicted octanol–water partition coefficient (Wildman–Crippen LogP) is 3.23. The Labute approximate surface area is 214 Å². The smallest absolute Gasteiger partial charge is 0.388 e. The number of aryl methyl sites for hydroxylation is 1. The van der Waals surface area contributed by atoms with Crippen LogP contribution in [0.25, 0.3) is 20.8 Å². The highest BCUT2D eigenvalue weighted by atomic mass is 32.1. The number of fused-ring (bicyclic) bond motifs is 1. The fraction of sp³-hybridized carbons (Fsp3) is 0.478. The lowest BCUT2D eigenvalue weighted by Gasteiger charge is -2.31. The molecule has 1 fully saturated rings. The van der Waals surface area contributed by atoms with Gasteiger partial charge in [-0.2, -0.15) is 18.2 Å². The summed E-state index contributed by atoms with van der Waals surface area (Å²) < 4.78 is 39.3. The van der Waals surface area contributed by atoms with Gasteiger partial charge in [-0.05, 0) is 38.8 Å². The van der Waals surface area contributed by atoms with Crippen molar-refractivity contribution in [3.8, 4) is 10.6 Å². The number of carbonyl (C=O) groups excluding carboxylic acids is 1. The second-order valence-corrected chi connectivity index (χ2v) is 9.88. The van der Waals surface area contributed by atoms with Crippen LogP contribution in [-0.2, 0) is 0 Å². The molecule has 37 heavy (non-hydrogen) atoms. The van der Waals surface area contributed by atoms with Crippen LogP contribution < -0.4 is 21.3 Å². The van der Waals surface area contributed by atoms with Gasteiger partial charge in [0.1, 0.15) is 23.5 Å². The van der Waals surface area contributed by atoms with Crippen LogP contribution in [0.5, 0.6) is 0 Å². The molecule has 0 bridgehead atoms. The summed E-state index contributed by atoms with van der Waals surface area (Å²) in [4.78, 5) is 24.8. The third kappa shape index (κ3) is 6.19. The van der Waals surface area contributed by atoms with E-state index in [1.807, 2.05) is 24.3 Å². The number of amides is 2. The van der Waals surface area contributed by atoms with E-state index in [-0.39, 0.29) is 30.8 Å². The fourth-order valence-electron chi connectivity index (χ4n) is 4.26. The monoisotopic (exact) mass is 539 g/mol. The molecule has 1 aliphatic rings. The Balaban J connectivity index is 1.65. The van der Waals surface area contributed by atoms with E-state index in [1.165, 1.54) is 11.3 Å².